The Kier molecular flexibility index (Phi) is 3.65. The Bertz CT molecular complexity index is 478. The second-order valence-corrected chi connectivity index (χ2v) is 4.75. The van der Waals surface area contributed by atoms with E-state index in [1.54, 1.807) is 0 Å². The van der Waals surface area contributed by atoms with Gasteiger partial charge in [-0.3, -0.25) is 9.59 Å². The Hall–Kier alpha value is -1.84. The number of anilines is 1. The van der Waals surface area contributed by atoms with E-state index in [4.69, 9.17) is 4.74 Å². The number of hydrogen-bond donors (Lipinski definition) is 1. The smallest absolute Gasteiger partial charge is 0.309 e. The van der Waals surface area contributed by atoms with Crippen LogP contribution in [0.5, 0.6) is 0 Å². The molecule has 4 nitrogen and oxygen atoms in total. The van der Waals surface area contributed by atoms with Crippen LogP contribution in [0.4, 0.5) is 5.69 Å². The van der Waals surface area contributed by atoms with Gasteiger partial charge < -0.3 is 10.1 Å². The lowest BCUT2D eigenvalue weighted by atomic mass is 10.1. The van der Waals surface area contributed by atoms with Crippen LogP contribution >= 0.6 is 0 Å². The van der Waals surface area contributed by atoms with Gasteiger partial charge in [0, 0.05) is 5.69 Å². The van der Waals surface area contributed by atoms with Crippen LogP contribution in [0.1, 0.15) is 24.0 Å². The molecule has 18 heavy (non-hydrogen) atoms. The van der Waals surface area contributed by atoms with Crippen molar-refractivity contribution >= 4 is 17.6 Å². The van der Waals surface area contributed by atoms with E-state index in [0.717, 1.165) is 29.7 Å². The minimum absolute atomic E-state index is 0.0264. The van der Waals surface area contributed by atoms with Crippen LogP contribution in [0.3, 0.4) is 0 Å². The fourth-order valence-corrected chi connectivity index (χ4v) is 1.63. The zero-order valence-corrected chi connectivity index (χ0v) is 10.7. The molecule has 0 saturated heterocycles. The first-order valence-electron chi connectivity index (χ1n) is 6.10. The SMILES string of the molecule is Cc1ccc(C)c(NC(=O)COC(=O)C2CC2)c1. The molecule has 0 spiro atoms. The minimum atomic E-state index is -0.294. The summed E-state index contributed by atoms with van der Waals surface area (Å²) in [5.41, 5.74) is 2.83. The molecule has 96 valence electrons. The third-order valence-electron chi connectivity index (χ3n) is 2.92. The van der Waals surface area contributed by atoms with Crippen molar-refractivity contribution in [2.45, 2.75) is 26.7 Å². The first-order valence-corrected chi connectivity index (χ1v) is 6.10. The Morgan fingerprint density at radius 3 is 2.72 bits per heavy atom. The highest BCUT2D eigenvalue weighted by Gasteiger charge is 2.31. The zero-order chi connectivity index (χ0) is 13.1. The summed E-state index contributed by atoms with van der Waals surface area (Å²) < 4.78 is 4.92. The summed E-state index contributed by atoms with van der Waals surface area (Å²) in [7, 11) is 0. The third kappa shape index (κ3) is 3.32. The van der Waals surface area contributed by atoms with Crippen LogP contribution < -0.4 is 5.32 Å². The molecule has 1 saturated carbocycles. The normalized spacial score (nSPS) is 14.1. The molecule has 1 fully saturated rings. The minimum Gasteiger partial charge on any atom is -0.455 e. The molecule has 1 aliphatic carbocycles. The number of aryl methyl sites for hydroxylation is 2. The number of carbonyl (C=O) groups is 2. The van der Waals surface area contributed by atoms with Gasteiger partial charge in [0.25, 0.3) is 5.91 Å². The van der Waals surface area contributed by atoms with Gasteiger partial charge in [-0.2, -0.15) is 0 Å². The van der Waals surface area contributed by atoms with Crippen LogP contribution in [0.2, 0.25) is 0 Å². The van der Waals surface area contributed by atoms with E-state index in [1.165, 1.54) is 0 Å². The topological polar surface area (TPSA) is 55.4 Å². The molecule has 0 atom stereocenters. The molecule has 4 heteroatoms. The van der Waals surface area contributed by atoms with E-state index in [1.807, 2.05) is 32.0 Å². The number of rotatable bonds is 4. The van der Waals surface area contributed by atoms with Gasteiger partial charge >= 0.3 is 5.97 Å². The van der Waals surface area contributed by atoms with Gasteiger partial charge in [-0.15, -0.1) is 0 Å². The standard InChI is InChI=1S/C14H17NO3/c1-9-3-4-10(2)12(7-9)15-13(16)8-18-14(17)11-5-6-11/h3-4,7,11H,5-6,8H2,1-2H3,(H,15,16). The number of carbonyl (C=O) groups excluding carboxylic acids is 2. The van der Waals surface area contributed by atoms with Gasteiger partial charge in [0.1, 0.15) is 0 Å². The Balaban J connectivity index is 1.86. The van der Waals surface area contributed by atoms with Crippen LogP contribution in [0.25, 0.3) is 0 Å². The number of hydrogen-bond acceptors (Lipinski definition) is 3. The molecule has 1 aliphatic rings. The first-order chi connectivity index (χ1) is 8.56. The number of nitrogens with one attached hydrogen (secondary N) is 1. The van der Waals surface area contributed by atoms with Crippen LogP contribution in [-0.4, -0.2) is 18.5 Å². The molecular weight excluding hydrogens is 230 g/mol. The van der Waals surface area contributed by atoms with E-state index in [9.17, 15) is 9.59 Å². The van der Waals surface area contributed by atoms with Crippen molar-refractivity contribution in [3.05, 3.63) is 29.3 Å². The Morgan fingerprint density at radius 2 is 2.06 bits per heavy atom. The van der Waals surface area contributed by atoms with Crippen LogP contribution in [0, 0.1) is 19.8 Å². The van der Waals surface area contributed by atoms with Gasteiger partial charge in [-0.05, 0) is 43.9 Å². The summed E-state index contributed by atoms with van der Waals surface area (Å²) in [4.78, 5) is 22.9. The van der Waals surface area contributed by atoms with Crippen molar-refractivity contribution in [2.24, 2.45) is 5.92 Å². The highest BCUT2D eigenvalue weighted by atomic mass is 16.5. The Labute approximate surface area is 106 Å². The summed E-state index contributed by atoms with van der Waals surface area (Å²) in [5, 5.41) is 2.75. The Morgan fingerprint density at radius 1 is 1.33 bits per heavy atom. The van der Waals surface area contributed by atoms with Crippen molar-refractivity contribution in [3.8, 4) is 0 Å². The summed E-state index contributed by atoms with van der Waals surface area (Å²) in [5.74, 6) is -0.526. The van der Waals surface area contributed by atoms with Gasteiger partial charge in [0.05, 0.1) is 5.92 Å². The van der Waals surface area contributed by atoms with Gasteiger partial charge in [0.15, 0.2) is 6.61 Å². The summed E-state index contributed by atoms with van der Waals surface area (Å²) in [6, 6.07) is 5.83. The average molecular weight is 247 g/mol. The molecular formula is C14H17NO3. The molecule has 0 unspecified atom stereocenters. The molecule has 0 heterocycles. The molecule has 1 aromatic rings. The van der Waals surface area contributed by atoms with E-state index in [-0.39, 0.29) is 24.4 Å². The summed E-state index contributed by atoms with van der Waals surface area (Å²) in [6.07, 6.45) is 1.77. The lowest BCUT2D eigenvalue weighted by Gasteiger charge is -2.09. The van der Waals surface area contributed by atoms with Crippen molar-refractivity contribution in [1.82, 2.24) is 0 Å². The quantitative estimate of drug-likeness (QED) is 0.830. The van der Waals surface area contributed by atoms with Gasteiger partial charge in [-0.1, -0.05) is 12.1 Å². The molecule has 0 aromatic heterocycles. The number of ether oxygens (including phenoxy) is 1. The van der Waals surface area contributed by atoms with Crippen molar-refractivity contribution < 1.29 is 14.3 Å². The highest BCUT2D eigenvalue weighted by Crippen LogP contribution is 2.29. The number of esters is 1. The van der Waals surface area contributed by atoms with Crippen molar-refractivity contribution in [3.63, 3.8) is 0 Å². The van der Waals surface area contributed by atoms with Crippen LogP contribution in [-0.2, 0) is 14.3 Å². The summed E-state index contributed by atoms with van der Waals surface area (Å²) in [6.45, 7) is 3.68. The zero-order valence-electron chi connectivity index (χ0n) is 10.7. The second-order valence-electron chi connectivity index (χ2n) is 4.75. The molecule has 2 rings (SSSR count). The van der Waals surface area contributed by atoms with Gasteiger partial charge in [-0.25, -0.2) is 0 Å². The molecule has 0 bridgehead atoms. The lowest BCUT2D eigenvalue weighted by Crippen LogP contribution is -2.21. The molecule has 0 aliphatic heterocycles. The maximum Gasteiger partial charge on any atom is 0.309 e. The molecule has 1 aromatic carbocycles. The maximum atomic E-state index is 11.6. The van der Waals surface area contributed by atoms with Crippen molar-refractivity contribution in [2.75, 3.05) is 11.9 Å². The molecule has 1 N–H and O–H groups in total. The predicted octanol–water partition coefficient (Wildman–Crippen LogP) is 2.20. The molecule has 0 radical (unpaired) electrons. The maximum absolute atomic E-state index is 11.6. The monoisotopic (exact) mass is 247 g/mol. The molecule has 1 amide bonds. The largest absolute Gasteiger partial charge is 0.455 e. The lowest BCUT2D eigenvalue weighted by molar-refractivity contribution is -0.148. The van der Waals surface area contributed by atoms with E-state index < -0.39 is 0 Å². The average Bonchev–Trinajstić information content (AvgIpc) is 3.15. The second kappa shape index (κ2) is 5.21. The third-order valence-corrected chi connectivity index (χ3v) is 2.92. The fourth-order valence-electron chi connectivity index (χ4n) is 1.63. The van der Waals surface area contributed by atoms with Crippen molar-refractivity contribution in [1.29, 1.82) is 0 Å². The number of benzene rings is 1. The first kappa shape index (κ1) is 12.6. The highest BCUT2D eigenvalue weighted by molar-refractivity contribution is 5.93. The fraction of sp³-hybridized carbons (Fsp3) is 0.429. The number of amides is 1. The van der Waals surface area contributed by atoms with E-state index in [0.29, 0.717) is 0 Å². The predicted molar refractivity (Wildman–Crippen MR) is 68.2 cm³/mol. The van der Waals surface area contributed by atoms with Crippen LogP contribution in [0.15, 0.2) is 18.2 Å². The van der Waals surface area contributed by atoms with E-state index >= 15 is 0 Å². The summed E-state index contributed by atoms with van der Waals surface area (Å²) >= 11 is 0. The van der Waals surface area contributed by atoms with Gasteiger partial charge in [0.2, 0.25) is 0 Å². The van der Waals surface area contributed by atoms with E-state index in [2.05, 4.69) is 5.32 Å².